The normalized spacial score (nSPS) is 10.3. The molecule has 0 fully saturated rings. The first-order valence-corrected chi connectivity index (χ1v) is 11.9. The topological polar surface area (TPSA) is 72.7 Å². The van der Waals surface area contributed by atoms with Crippen molar-refractivity contribution in [2.75, 3.05) is 32.9 Å². The number of rotatable bonds is 21. The number of halogens is 1. The standard InChI is InChI=1S/C19H40O.C4H11NO2.ClH/c1-2-3-4-5-6-7-8-9-10-11-12-13-14-15-16-17-18-19-20;6-3-1-5-2-4-7;/h20H,2-19H2,1H3;5-7H,1-4H2;1H. The Bertz CT molecular complexity index is 212. The molecular weight excluding hydrogens is 374 g/mol. The van der Waals surface area contributed by atoms with Gasteiger partial charge in [0, 0.05) is 19.7 Å². The quantitative estimate of drug-likeness (QED) is 0.180. The third-order valence-electron chi connectivity index (χ3n) is 4.84. The summed E-state index contributed by atoms with van der Waals surface area (Å²) in [6.07, 6.45) is 23.7. The minimum atomic E-state index is 0. The van der Waals surface area contributed by atoms with E-state index in [2.05, 4.69) is 12.2 Å². The lowest BCUT2D eigenvalue weighted by Gasteiger charge is -2.03. The smallest absolute Gasteiger partial charge is 0.0555 e. The minimum absolute atomic E-state index is 0. The van der Waals surface area contributed by atoms with Gasteiger partial charge in [-0.1, -0.05) is 110 Å². The first-order chi connectivity index (χ1) is 13.3. The second-order valence-electron chi connectivity index (χ2n) is 7.58. The maximum absolute atomic E-state index is 8.68. The van der Waals surface area contributed by atoms with Gasteiger partial charge in [-0.15, -0.1) is 12.4 Å². The van der Waals surface area contributed by atoms with Crippen LogP contribution in [0, 0.1) is 0 Å². The van der Waals surface area contributed by atoms with Crippen LogP contribution in [-0.2, 0) is 0 Å². The van der Waals surface area contributed by atoms with Crippen LogP contribution in [0.4, 0.5) is 0 Å². The third-order valence-corrected chi connectivity index (χ3v) is 4.84. The molecule has 0 saturated heterocycles. The molecule has 4 N–H and O–H groups in total. The summed E-state index contributed by atoms with van der Waals surface area (Å²) < 4.78 is 0. The van der Waals surface area contributed by atoms with Gasteiger partial charge in [-0.3, -0.25) is 0 Å². The molecule has 0 amide bonds. The van der Waals surface area contributed by atoms with Crippen LogP contribution in [0.3, 0.4) is 0 Å². The van der Waals surface area contributed by atoms with E-state index in [1.54, 1.807) is 0 Å². The van der Waals surface area contributed by atoms with E-state index in [4.69, 9.17) is 15.3 Å². The highest BCUT2D eigenvalue weighted by atomic mass is 35.5. The Balaban J connectivity index is -0.000000665. The zero-order chi connectivity index (χ0) is 20.3. The molecule has 174 valence electrons. The van der Waals surface area contributed by atoms with Crippen LogP contribution in [-0.4, -0.2) is 48.2 Å². The summed E-state index contributed by atoms with van der Waals surface area (Å²) in [6, 6.07) is 0. The van der Waals surface area contributed by atoms with Gasteiger partial charge in [0.25, 0.3) is 0 Å². The number of aliphatic hydroxyl groups excluding tert-OH is 3. The maximum Gasteiger partial charge on any atom is 0.0555 e. The number of hydrogen-bond acceptors (Lipinski definition) is 4. The Hall–Kier alpha value is 0.130. The zero-order valence-electron chi connectivity index (χ0n) is 18.8. The van der Waals surface area contributed by atoms with Gasteiger partial charge >= 0.3 is 0 Å². The summed E-state index contributed by atoms with van der Waals surface area (Å²) in [4.78, 5) is 0. The van der Waals surface area contributed by atoms with Crippen molar-refractivity contribution in [3.8, 4) is 0 Å². The van der Waals surface area contributed by atoms with Crippen LogP contribution in [0.5, 0.6) is 0 Å². The average molecular weight is 426 g/mol. The average Bonchev–Trinajstić information content (AvgIpc) is 2.68. The molecule has 0 spiro atoms. The van der Waals surface area contributed by atoms with E-state index in [0.717, 1.165) is 6.42 Å². The van der Waals surface area contributed by atoms with Crippen molar-refractivity contribution in [2.24, 2.45) is 0 Å². The molecule has 5 heteroatoms. The maximum atomic E-state index is 8.68. The predicted octanol–water partition coefficient (Wildman–Crippen LogP) is 5.61. The van der Waals surface area contributed by atoms with Crippen LogP contribution in [0.1, 0.15) is 116 Å². The number of aliphatic hydroxyl groups is 3. The van der Waals surface area contributed by atoms with Crippen LogP contribution in [0.15, 0.2) is 0 Å². The van der Waals surface area contributed by atoms with Crippen LogP contribution >= 0.6 is 12.4 Å². The highest BCUT2D eigenvalue weighted by Crippen LogP contribution is 2.13. The molecule has 4 nitrogen and oxygen atoms in total. The van der Waals surface area contributed by atoms with E-state index in [1.807, 2.05) is 0 Å². The Morgan fingerprint density at radius 1 is 0.429 bits per heavy atom. The second-order valence-corrected chi connectivity index (χ2v) is 7.58. The van der Waals surface area contributed by atoms with Crippen molar-refractivity contribution in [1.82, 2.24) is 5.32 Å². The van der Waals surface area contributed by atoms with E-state index in [9.17, 15) is 0 Å². The first-order valence-electron chi connectivity index (χ1n) is 11.9. The molecule has 0 radical (unpaired) electrons. The SMILES string of the molecule is CCCCCCCCCCCCCCCCCCCO.Cl.OCCNCCO. The largest absolute Gasteiger partial charge is 0.396 e. The van der Waals surface area contributed by atoms with E-state index in [0.29, 0.717) is 19.7 Å². The molecule has 0 heterocycles. The van der Waals surface area contributed by atoms with Gasteiger partial charge in [0.05, 0.1) is 13.2 Å². The molecular formula is C23H52ClNO3. The number of hydrogen-bond donors (Lipinski definition) is 4. The van der Waals surface area contributed by atoms with E-state index in [1.165, 1.54) is 103 Å². The van der Waals surface area contributed by atoms with Crippen molar-refractivity contribution in [3.05, 3.63) is 0 Å². The summed E-state index contributed by atoms with van der Waals surface area (Å²) in [5.74, 6) is 0. The van der Waals surface area contributed by atoms with Crippen molar-refractivity contribution in [1.29, 1.82) is 0 Å². The molecule has 0 aromatic heterocycles. The third kappa shape index (κ3) is 37.0. The molecule has 0 aliphatic rings. The second kappa shape index (κ2) is 34.6. The van der Waals surface area contributed by atoms with E-state index >= 15 is 0 Å². The monoisotopic (exact) mass is 425 g/mol. The minimum Gasteiger partial charge on any atom is -0.396 e. The Labute approximate surface area is 182 Å². The van der Waals surface area contributed by atoms with Crippen molar-refractivity contribution in [2.45, 2.75) is 116 Å². The van der Waals surface area contributed by atoms with Gasteiger partial charge in [-0.25, -0.2) is 0 Å². The lowest BCUT2D eigenvalue weighted by molar-refractivity contribution is 0.266. The van der Waals surface area contributed by atoms with Gasteiger partial charge in [0.2, 0.25) is 0 Å². The Kier molecular flexibility index (Phi) is 40.5. The van der Waals surface area contributed by atoms with Gasteiger partial charge in [0.15, 0.2) is 0 Å². The van der Waals surface area contributed by atoms with Crippen LogP contribution in [0.2, 0.25) is 0 Å². The molecule has 0 unspecified atom stereocenters. The molecule has 0 saturated carbocycles. The van der Waals surface area contributed by atoms with Gasteiger partial charge in [-0.05, 0) is 6.42 Å². The number of nitrogens with one attached hydrogen (secondary N) is 1. The molecule has 0 bridgehead atoms. The highest BCUT2D eigenvalue weighted by Gasteiger charge is 1.94. The summed E-state index contributed by atoms with van der Waals surface area (Å²) in [5.41, 5.74) is 0. The van der Waals surface area contributed by atoms with E-state index in [-0.39, 0.29) is 25.6 Å². The van der Waals surface area contributed by atoms with Crippen molar-refractivity contribution in [3.63, 3.8) is 0 Å². The summed E-state index contributed by atoms with van der Waals surface area (Å²) in [6.45, 7) is 4.08. The fourth-order valence-electron chi connectivity index (χ4n) is 3.12. The molecule has 28 heavy (non-hydrogen) atoms. The Morgan fingerprint density at radius 3 is 0.964 bits per heavy atom. The van der Waals surface area contributed by atoms with Crippen LogP contribution < -0.4 is 5.32 Å². The zero-order valence-corrected chi connectivity index (χ0v) is 19.6. The Morgan fingerprint density at radius 2 is 0.714 bits per heavy atom. The van der Waals surface area contributed by atoms with E-state index < -0.39 is 0 Å². The molecule has 0 aromatic carbocycles. The summed E-state index contributed by atoms with van der Waals surface area (Å²) in [5, 5.41) is 27.8. The first kappa shape index (κ1) is 32.8. The molecule has 0 aliphatic carbocycles. The predicted molar refractivity (Wildman–Crippen MR) is 126 cm³/mol. The molecule has 0 aromatic rings. The van der Waals surface area contributed by atoms with Gasteiger partial charge in [-0.2, -0.15) is 0 Å². The summed E-state index contributed by atoms with van der Waals surface area (Å²) >= 11 is 0. The summed E-state index contributed by atoms with van der Waals surface area (Å²) in [7, 11) is 0. The van der Waals surface area contributed by atoms with Crippen molar-refractivity contribution < 1.29 is 15.3 Å². The molecule has 0 aliphatic heterocycles. The van der Waals surface area contributed by atoms with Gasteiger partial charge in [0.1, 0.15) is 0 Å². The molecule has 0 rings (SSSR count). The highest BCUT2D eigenvalue weighted by molar-refractivity contribution is 5.85. The number of unbranched alkanes of at least 4 members (excludes halogenated alkanes) is 16. The lowest BCUT2D eigenvalue weighted by atomic mass is 10.0. The van der Waals surface area contributed by atoms with Crippen molar-refractivity contribution >= 4 is 12.4 Å². The molecule has 0 atom stereocenters. The fraction of sp³-hybridized carbons (Fsp3) is 1.00. The van der Waals surface area contributed by atoms with Gasteiger partial charge < -0.3 is 20.6 Å². The fourth-order valence-corrected chi connectivity index (χ4v) is 3.12. The van der Waals surface area contributed by atoms with Crippen LogP contribution in [0.25, 0.3) is 0 Å². The lowest BCUT2D eigenvalue weighted by Crippen LogP contribution is -2.21.